The Morgan fingerprint density at radius 2 is 1.65 bits per heavy atom. The number of carbonyl (C=O) groups excluding carboxylic acids is 2. The number of methoxy groups -OCH3 is 1. The molecular formula is C21H26N2O3. The third-order valence-corrected chi connectivity index (χ3v) is 4.29. The second-order valence-electron chi connectivity index (χ2n) is 6.01. The molecule has 0 saturated carbocycles. The van der Waals surface area contributed by atoms with Gasteiger partial charge < -0.3 is 14.5 Å². The van der Waals surface area contributed by atoms with Crippen molar-refractivity contribution in [2.75, 3.05) is 31.6 Å². The van der Waals surface area contributed by atoms with E-state index in [1.807, 2.05) is 61.5 Å². The van der Waals surface area contributed by atoms with E-state index in [9.17, 15) is 9.59 Å². The van der Waals surface area contributed by atoms with Crippen molar-refractivity contribution in [3.8, 4) is 5.75 Å². The van der Waals surface area contributed by atoms with Crippen molar-refractivity contribution in [2.24, 2.45) is 0 Å². The molecule has 5 heteroatoms. The standard InChI is InChI=1S/C21H26N2O3/c1-4-23(19-8-6-5-7-9-19)21(25)16-22(17(2)24)15-14-18-10-12-20(26-3)13-11-18/h5-13H,4,14-16H2,1-3H3. The van der Waals surface area contributed by atoms with E-state index < -0.39 is 0 Å². The quantitative estimate of drug-likeness (QED) is 0.732. The number of ether oxygens (including phenoxy) is 1. The molecule has 0 aromatic heterocycles. The molecule has 0 atom stereocenters. The molecule has 2 aromatic rings. The number of anilines is 1. The van der Waals surface area contributed by atoms with Gasteiger partial charge in [-0.05, 0) is 43.2 Å². The Hall–Kier alpha value is -2.82. The number of rotatable bonds is 8. The zero-order chi connectivity index (χ0) is 18.9. The Kier molecular flexibility index (Phi) is 7.21. The molecule has 0 bridgehead atoms. The van der Waals surface area contributed by atoms with Crippen LogP contribution >= 0.6 is 0 Å². The Balaban J connectivity index is 2.00. The monoisotopic (exact) mass is 354 g/mol. The minimum atomic E-state index is -0.101. The molecule has 0 saturated heterocycles. The minimum Gasteiger partial charge on any atom is -0.497 e. The normalized spacial score (nSPS) is 10.3. The molecule has 2 rings (SSSR count). The largest absolute Gasteiger partial charge is 0.497 e. The van der Waals surface area contributed by atoms with Crippen molar-refractivity contribution in [1.29, 1.82) is 0 Å². The predicted molar refractivity (Wildman–Crippen MR) is 103 cm³/mol. The van der Waals surface area contributed by atoms with Gasteiger partial charge in [-0.3, -0.25) is 9.59 Å². The van der Waals surface area contributed by atoms with E-state index in [1.165, 1.54) is 6.92 Å². The Bertz CT molecular complexity index is 714. The minimum absolute atomic E-state index is 0.0776. The maximum Gasteiger partial charge on any atom is 0.246 e. The van der Waals surface area contributed by atoms with E-state index in [0.29, 0.717) is 19.5 Å². The molecule has 0 spiro atoms. The van der Waals surface area contributed by atoms with Crippen LogP contribution < -0.4 is 9.64 Å². The Morgan fingerprint density at radius 1 is 1.00 bits per heavy atom. The maximum absolute atomic E-state index is 12.7. The molecule has 0 N–H and O–H groups in total. The van der Waals surface area contributed by atoms with E-state index >= 15 is 0 Å². The summed E-state index contributed by atoms with van der Waals surface area (Å²) < 4.78 is 5.15. The van der Waals surface area contributed by atoms with Crippen LogP contribution in [0, 0.1) is 0 Å². The molecule has 0 heterocycles. The van der Waals surface area contributed by atoms with Crippen LogP contribution in [0.4, 0.5) is 5.69 Å². The van der Waals surface area contributed by atoms with Crippen LogP contribution in [0.3, 0.4) is 0 Å². The zero-order valence-electron chi connectivity index (χ0n) is 15.6. The summed E-state index contributed by atoms with van der Waals surface area (Å²) in [7, 11) is 1.63. The number of nitrogens with zero attached hydrogens (tertiary/aromatic N) is 2. The molecule has 0 unspecified atom stereocenters. The molecule has 26 heavy (non-hydrogen) atoms. The number of carbonyl (C=O) groups is 2. The fraction of sp³-hybridized carbons (Fsp3) is 0.333. The van der Waals surface area contributed by atoms with Crippen LogP contribution in [0.15, 0.2) is 54.6 Å². The summed E-state index contributed by atoms with van der Waals surface area (Å²) in [6.07, 6.45) is 0.689. The summed E-state index contributed by atoms with van der Waals surface area (Å²) in [4.78, 5) is 28.0. The zero-order valence-corrected chi connectivity index (χ0v) is 15.6. The number of amides is 2. The van der Waals surface area contributed by atoms with Crippen molar-refractivity contribution in [3.63, 3.8) is 0 Å². The van der Waals surface area contributed by atoms with Crippen LogP contribution in [0.25, 0.3) is 0 Å². The first-order valence-corrected chi connectivity index (χ1v) is 8.79. The van der Waals surface area contributed by atoms with Gasteiger partial charge in [0.1, 0.15) is 12.3 Å². The van der Waals surface area contributed by atoms with Gasteiger partial charge in [0.05, 0.1) is 7.11 Å². The van der Waals surface area contributed by atoms with Gasteiger partial charge in [0.25, 0.3) is 0 Å². The van der Waals surface area contributed by atoms with Gasteiger partial charge in [-0.1, -0.05) is 30.3 Å². The summed E-state index contributed by atoms with van der Waals surface area (Å²) in [6, 6.07) is 17.3. The number of likely N-dealkylation sites (N-methyl/N-ethyl adjacent to an activating group) is 1. The fourth-order valence-corrected chi connectivity index (χ4v) is 2.76. The van der Waals surface area contributed by atoms with Gasteiger partial charge in [-0.15, -0.1) is 0 Å². The maximum atomic E-state index is 12.7. The first-order chi connectivity index (χ1) is 12.5. The molecule has 5 nitrogen and oxygen atoms in total. The summed E-state index contributed by atoms with van der Waals surface area (Å²) in [6.45, 7) is 4.57. The van der Waals surface area contributed by atoms with E-state index in [-0.39, 0.29) is 18.4 Å². The predicted octanol–water partition coefficient (Wildman–Crippen LogP) is 3.14. The molecule has 0 aliphatic heterocycles. The van der Waals surface area contributed by atoms with Crippen molar-refractivity contribution in [2.45, 2.75) is 20.3 Å². The molecule has 2 aromatic carbocycles. The van der Waals surface area contributed by atoms with Crippen LogP contribution in [0.5, 0.6) is 5.75 Å². The SMILES string of the molecule is CCN(C(=O)CN(CCc1ccc(OC)cc1)C(C)=O)c1ccccc1. The van der Waals surface area contributed by atoms with Crippen molar-refractivity contribution < 1.29 is 14.3 Å². The summed E-state index contributed by atoms with van der Waals surface area (Å²) in [5, 5.41) is 0. The lowest BCUT2D eigenvalue weighted by Crippen LogP contribution is -2.43. The number of benzene rings is 2. The number of para-hydroxylation sites is 1. The Morgan fingerprint density at radius 3 is 2.19 bits per heavy atom. The average molecular weight is 354 g/mol. The molecule has 2 amide bonds. The molecule has 0 radical (unpaired) electrons. The summed E-state index contributed by atoms with van der Waals surface area (Å²) in [5.41, 5.74) is 1.94. The van der Waals surface area contributed by atoms with E-state index in [2.05, 4.69) is 0 Å². The van der Waals surface area contributed by atoms with Crippen LogP contribution in [0.1, 0.15) is 19.4 Å². The molecule has 0 aliphatic carbocycles. The third-order valence-electron chi connectivity index (χ3n) is 4.29. The average Bonchev–Trinajstić information content (AvgIpc) is 2.66. The second kappa shape index (κ2) is 9.61. The summed E-state index contributed by atoms with van der Waals surface area (Å²) in [5.74, 6) is 0.619. The lowest BCUT2D eigenvalue weighted by Gasteiger charge is -2.26. The molecule has 0 aliphatic rings. The second-order valence-corrected chi connectivity index (χ2v) is 6.01. The highest BCUT2D eigenvalue weighted by Crippen LogP contribution is 2.14. The molecule has 138 valence electrons. The highest BCUT2D eigenvalue weighted by molar-refractivity contribution is 5.96. The molecular weight excluding hydrogens is 328 g/mol. The first kappa shape index (κ1) is 19.5. The van der Waals surface area contributed by atoms with Gasteiger partial charge in [-0.2, -0.15) is 0 Å². The van der Waals surface area contributed by atoms with Crippen molar-refractivity contribution in [1.82, 2.24) is 4.90 Å². The van der Waals surface area contributed by atoms with Crippen LogP contribution in [-0.2, 0) is 16.0 Å². The van der Waals surface area contributed by atoms with Gasteiger partial charge in [-0.25, -0.2) is 0 Å². The van der Waals surface area contributed by atoms with Gasteiger partial charge in [0.15, 0.2) is 0 Å². The van der Waals surface area contributed by atoms with E-state index in [1.54, 1.807) is 16.9 Å². The third kappa shape index (κ3) is 5.34. The lowest BCUT2D eigenvalue weighted by molar-refractivity contribution is -0.133. The van der Waals surface area contributed by atoms with Crippen LogP contribution in [-0.4, -0.2) is 43.5 Å². The first-order valence-electron chi connectivity index (χ1n) is 8.79. The van der Waals surface area contributed by atoms with E-state index in [0.717, 1.165) is 17.0 Å². The highest BCUT2D eigenvalue weighted by atomic mass is 16.5. The number of hydrogen-bond acceptors (Lipinski definition) is 3. The number of hydrogen-bond donors (Lipinski definition) is 0. The fourth-order valence-electron chi connectivity index (χ4n) is 2.76. The van der Waals surface area contributed by atoms with Gasteiger partial charge >= 0.3 is 0 Å². The summed E-state index contributed by atoms with van der Waals surface area (Å²) >= 11 is 0. The smallest absolute Gasteiger partial charge is 0.246 e. The van der Waals surface area contributed by atoms with Crippen LogP contribution in [0.2, 0.25) is 0 Å². The lowest BCUT2D eigenvalue weighted by atomic mass is 10.1. The van der Waals surface area contributed by atoms with Crippen molar-refractivity contribution in [3.05, 3.63) is 60.2 Å². The van der Waals surface area contributed by atoms with E-state index in [4.69, 9.17) is 4.74 Å². The molecule has 0 fully saturated rings. The topological polar surface area (TPSA) is 49.9 Å². The van der Waals surface area contributed by atoms with Gasteiger partial charge in [0, 0.05) is 25.7 Å². The van der Waals surface area contributed by atoms with Gasteiger partial charge in [0.2, 0.25) is 11.8 Å². The Labute approximate surface area is 155 Å². The highest BCUT2D eigenvalue weighted by Gasteiger charge is 2.19. The van der Waals surface area contributed by atoms with Crippen molar-refractivity contribution >= 4 is 17.5 Å².